The van der Waals surface area contributed by atoms with E-state index in [0.717, 1.165) is 5.56 Å². The number of ketones is 1. The third-order valence-electron chi connectivity index (χ3n) is 1.86. The zero-order chi connectivity index (χ0) is 9.68. The van der Waals surface area contributed by atoms with Crippen LogP contribution in [0.4, 0.5) is 0 Å². The lowest BCUT2D eigenvalue weighted by Crippen LogP contribution is -2.08. The third kappa shape index (κ3) is 2.51. The van der Waals surface area contributed by atoms with Gasteiger partial charge in [0, 0.05) is 23.9 Å². The molecule has 0 radical (unpaired) electrons. The SMILES string of the molecule is C/C=C/[C@H](C)C(=O)c1ccncc1. The molecule has 13 heavy (non-hydrogen) atoms. The van der Waals surface area contributed by atoms with E-state index in [0.29, 0.717) is 0 Å². The Morgan fingerprint density at radius 3 is 2.62 bits per heavy atom. The third-order valence-corrected chi connectivity index (χ3v) is 1.86. The van der Waals surface area contributed by atoms with E-state index in [9.17, 15) is 4.79 Å². The highest BCUT2D eigenvalue weighted by Gasteiger charge is 2.10. The van der Waals surface area contributed by atoms with Gasteiger partial charge in [0.25, 0.3) is 0 Å². The molecule has 0 aliphatic carbocycles. The molecule has 0 aliphatic heterocycles. The highest BCUT2D eigenvalue weighted by molar-refractivity contribution is 5.98. The Bertz CT molecular complexity index is 303. The monoisotopic (exact) mass is 175 g/mol. The van der Waals surface area contributed by atoms with Crippen molar-refractivity contribution in [3.05, 3.63) is 42.2 Å². The maximum atomic E-state index is 11.7. The van der Waals surface area contributed by atoms with Crippen molar-refractivity contribution in [2.24, 2.45) is 5.92 Å². The number of aromatic nitrogens is 1. The van der Waals surface area contributed by atoms with Crippen LogP contribution in [0.25, 0.3) is 0 Å². The van der Waals surface area contributed by atoms with Crippen LogP contribution in [-0.2, 0) is 0 Å². The van der Waals surface area contributed by atoms with Crippen molar-refractivity contribution >= 4 is 5.78 Å². The van der Waals surface area contributed by atoms with Crippen LogP contribution in [0.15, 0.2) is 36.7 Å². The molecular formula is C11H13NO. The molecule has 0 aliphatic rings. The summed E-state index contributed by atoms with van der Waals surface area (Å²) in [6.07, 6.45) is 7.05. The summed E-state index contributed by atoms with van der Waals surface area (Å²) in [4.78, 5) is 15.5. The Labute approximate surface area is 78.3 Å². The average Bonchev–Trinajstić information content (AvgIpc) is 2.18. The molecule has 0 spiro atoms. The summed E-state index contributed by atoms with van der Waals surface area (Å²) in [6.45, 7) is 3.80. The van der Waals surface area contributed by atoms with Gasteiger partial charge in [-0.05, 0) is 19.1 Å². The summed E-state index contributed by atoms with van der Waals surface area (Å²) in [5.74, 6) is 0.0906. The van der Waals surface area contributed by atoms with Gasteiger partial charge in [0.2, 0.25) is 0 Å². The van der Waals surface area contributed by atoms with Crippen molar-refractivity contribution in [3.63, 3.8) is 0 Å². The van der Waals surface area contributed by atoms with E-state index >= 15 is 0 Å². The number of Topliss-reactive ketones (excluding diaryl/α,β-unsaturated/α-hetero) is 1. The van der Waals surface area contributed by atoms with Crippen molar-refractivity contribution in [2.45, 2.75) is 13.8 Å². The van der Waals surface area contributed by atoms with Crippen LogP contribution in [0.1, 0.15) is 24.2 Å². The fourth-order valence-electron chi connectivity index (χ4n) is 1.16. The first-order chi connectivity index (χ1) is 6.25. The van der Waals surface area contributed by atoms with E-state index < -0.39 is 0 Å². The summed E-state index contributed by atoms with van der Waals surface area (Å²) in [7, 11) is 0. The minimum atomic E-state index is -0.0487. The van der Waals surface area contributed by atoms with Crippen LogP contribution >= 0.6 is 0 Å². The Kier molecular flexibility index (Phi) is 3.38. The molecule has 1 rings (SSSR count). The van der Waals surface area contributed by atoms with Gasteiger partial charge in [-0.3, -0.25) is 9.78 Å². The van der Waals surface area contributed by atoms with E-state index in [1.807, 2.05) is 26.0 Å². The van der Waals surface area contributed by atoms with Gasteiger partial charge in [0.15, 0.2) is 5.78 Å². The van der Waals surface area contributed by atoms with E-state index in [1.54, 1.807) is 24.5 Å². The van der Waals surface area contributed by atoms with Crippen LogP contribution in [-0.4, -0.2) is 10.8 Å². The van der Waals surface area contributed by atoms with Crippen LogP contribution in [0.3, 0.4) is 0 Å². The standard InChI is InChI=1S/C11H13NO/c1-3-4-9(2)11(13)10-5-7-12-8-6-10/h3-9H,1-2H3/b4-3+/t9-/m0/s1. The molecule has 0 aromatic carbocycles. The molecule has 0 N–H and O–H groups in total. The second-order valence-corrected chi connectivity index (χ2v) is 2.91. The quantitative estimate of drug-likeness (QED) is 0.521. The molecule has 0 unspecified atom stereocenters. The molecule has 1 atom stereocenters. The van der Waals surface area contributed by atoms with Crippen molar-refractivity contribution in [1.29, 1.82) is 0 Å². The van der Waals surface area contributed by atoms with Gasteiger partial charge in [-0.25, -0.2) is 0 Å². The Morgan fingerprint density at radius 1 is 1.46 bits per heavy atom. The summed E-state index contributed by atoms with van der Waals surface area (Å²) in [5, 5.41) is 0. The van der Waals surface area contributed by atoms with Crippen molar-refractivity contribution in [2.75, 3.05) is 0 Å². The molecule has 68 valence electrons. The average molecular weight is 175 g/mol. The topological polar surface area (TPSA) is 30.0 Å². The van der Waals surface area contributed by atoms with Gasteiger partial charge in [-0.15, -0.1) is 0 Å². The molecule has 0 bridgehead atoms. The first-order valence-electron chi connectivity index (χ1n) is 4.32. The number of carbonyl (C=O) groups is 1. The maximum Gasteiger partial charge on any atom is 0.169 e. The molecule has 2 heteroatoms. The van der Waals surface area contributed by atoms with E-state index in [1.165, 1.54) is 0 Å². The highest BCUT2D eigenvalue weighted by atomic mass is 16.1. The number of hydrogen-bond acceptors (Lipinski definition) is 2. The van der Waals surface area contributed by atoms with Crippen LogP contribution in [0, 0.1) is 5.92 Å². The Hall–Kier alpha value is -1.44. The second-order valence-electron chi connectivity index (χ2n) is 2.91. The Morgan fingerprint density at radius 2 is 2.08 bits per heavy atom. The number of hydrogen-bond donors (Lipinski definition) is 0. The summed E-state index contributed by atoms with van der Waals surface area (Å²) >= 11 is 0. The first kappa shape index (κ1) is 9.65. The lowest BCUT2D eigenvalue weighted by molar-refractivity contribution is 0.0953. The fraction of sp³-hybridized carbons (Fsp3) is 0.273. The molecule has 1 heterocycles. The Balaban J connectivity index is 2.80. The maximum absolute atomic E-state index is 11.7. The smallest absolute Gasteiger partial charge is 0.169 e. The summed E-state index contributed by atoms with van der Waals surface area (Å²) in [6, 6.07) is 3.48. The number of allylic oxidation sites excluding steroid dienone is 2. The van der Waals surface area contributed by atoms with Gasteiger partial charge in [-0.2, -0.15) is 0 Å². The summed E-state index contributed by atoms with van der Waals surface area (Å²) in [5.41, 5.74) is 0.723. The highest BCUT2D eigenvalue weighted by Crippen LogP contribution is 2.08. The van der Waals surface area contributed by atoms with Gasteiger partial charge in [-0.1, -0.05) is 19.1 Å². The minimum Gasteiger partial charge on any atom is -0.294 e. The van der Waals surface area contributed by atoms with Gasteiger partial charge < -0.3 is 0 Å². The minimum absolute atomic E-state index is 0.0487. The van der Waals surface area contributed by atoms with E-state index in [2.05, 4.69) is 4.98 Å². The van der Waals surface area contributed by atoms with E-state index in [-0.39, 0.29) is 11.7 Å². The predicted octanol–water partition coefficient (Wildman–Crippen LogP) is 2.48. The predicted molar refractivity (Wildman–Crippen MR) is 52.5 cm³/mol. The largest absolute Gasteiger partial charge is 0.294 e. The lowest BCUT2D eigenvalue weighted by Gasteiger charge is -2.03. The molecular weight excluding hydrogens is 162 g/mol. The number of nitrogens with zero attached hydrogens (tertiary/aromatic N) is 1. The number of pyridine rings is 1. The molecule has 0 fully saturated rings. The zero-order valence-corrected chi connectivity index (χ0v) is 7.90. The lowest BCUT2D eigenvalue weighted by atomic mass is 10.0. The molecule has 0 saturated carbocycles. The zero-order valence-electron chi connectivity index (χ0n) is 7.90. The molecule has 1 aromatic rings. The van der Waals surface area contributed by atoms with Crippen LogP contribution in [0.2, 0.25) is 0 Å². The number of carbonyl (C=O) groups excluding carboxylic acids is 1. The molecule has 0 amide bonds. The van der Waals surface area contributed by atoms with Crippen molar-refractivity contribution in [1.82, 2.24) is 4.98 Å². The molecule has 0 saturated heterocycles. The fourth-order valence-corrected chi connectivity index (χ4v) is 1.16. The molecule has 2 nitrogen and oxygen atoms in total. The van der Waals surface area contributed by atoms with E-state index in [4.69, 9.17) is 0 Å². The second kappa shape index (κ2) is 4.55. The molecule has 1 aromatic heterocycles. The normalized spacial score (nSPS) is 13.1. The van der Waals surface area contributed by atoms with Crippen molar-refractivity contribution < 1.29 is 4.79 Å². The van der Waals surface area contributed by atoms with Gasteiger partial charge >= 0.3 is 0 Å². The van der Waals surface area contributed by atoms with Gasteiger partial charge in [0.1, 0.15) is 0 Å². The van der Waals surface area contributed by atoms with Crippen LogP contribution < -0.4 is 0 Å². The summed E-state index contributed by atoms with van der Waals surface area (Å²) < 4.78 is 0. The van der Waals surface area contributed by atoms with Crippen molar-refractivity contribution in [3.8, 4) is 0 Å². The van der Waals surface area contributed by atoms with Gasteiger partial charge in [0.05, 0.1) is 0 Å². The van der Waals surface area contributed by atoms with Crippen LogP contribution in [0.5, 0.6) is 0 Å². The first-order valence-corrected chi connectivity index (χ1v) is 4.32. The number of rotatable bonds is 3.